The van der Waals surface area contributed by atoms with Gasteiger partial charge >= 0.3 is 0 Å². The average Bonchev–Trinajstić information content (AvgIpc) is 2.61. The van der Waals surface area contributed by atoms with Crippen LogP contribution < -0.4 is 0 Å². The van der Waals surface area contributed by atoms with E-state index in [1.165, 1.54) is 12.2 Å². The van der Waals surface area contributed by atoms with Gasteiger partial charge in [-0.15, -0.1) is 11.3 Å². The second kappa shape index (κ2) is 5.93. The minimum Gasteiger partial charge on any atom is -0.385 e. The predicted molar refractivity (Wildman–Crippen MR) is 82.5 cm³/mol. The van der Waals surface area contributed by atoms with Crippen LogP contribution in [0.25, 0.3) is 0 Å². The Kier molecular flexibility index (Phi) is 5.27. The molecule has 0 saturated carbocycles. The predicted octanol–water partition coefficient (Wildman–Crippen LogP) is 4.31. The van der Waals surface area contributed by atoms with Crippen molar-refractivity contribution in [2.24, 2.45) is 0 Å². The molecule has 0 bridgehead atoms. The minimum absolute atomic E-state index is 0.0144. The third-order valence-electron chi connectivity index (χ3n) is 2.51. The van der Waals surface area contributed by atoms with Gasteiger partial charge in [0.15, 0.2) is 0 Å². The van der Waals surface area contributed by atoms with Crippen molar-refractivity contribution in [2.45, 2.75) is 64.7 Å². The molecule has 2 nitrogen and oxygen atoms in total. The first-order valence-electron chi connectivity index (χ1n) is 6.47. The summed E-state index contributed by atoms with van der Waals surface area (Å²) in [5.74, 6) is 2.12. The Morgan fingerprint density at radius 3 is 2.22 bits per heavy atom. The lowest BCUT2D eigenvalue weighted by molar-refractivity contribution is 0.0803. The van der Waals surface area contributed by atoms with Crippen molar-refractivity contribution in [3.63, 3.8) is 0 Å². The highest BCUT2D eigenvalue weighted by atomic mass is 32.2. The molecule has 0 aliphatic carbocycles. The summed E-state index contributed by atoms with van der Waals surface area (Å²) in [5.41, 5.74) is 0.236. The molecule has 0 fully saturated rings. The Morgan fingerprint density at radius 2 is 1.83 bits per heavy atom. The Labute approximate surface area is 119 Å². The molecule has 0 radical (unpaired) electrons. The van der Waals surface area contributed by atoms with Gasteiger partial charge in [0.25, 0.3) is 0 Å². The monoisotopic (exact) mass is 287 g/mol. The Bertz CT molecular complexity index is 354. The van der Waals surface area contributed by atoms with E-state index in [1.807, 2.05) is 25.6 Å². The highest BCUT2D eigenvalue weighted by Crippen LogP contribution is 2.37. The van der Waals surface area contributed by atoms with E-state index in [0.717, 1.165) is 21.3 Å². The van der Waals surface area contributed by atoms with Gasteiger partial charge in [-0.2, -0.15) is 11.8 Å². The molecule has 1 heterocycles. The van der Waals surface area contributed by atoms with Crippen molar-refractivity contribution in [2.75, 3.05) is 5.75 Å². The molecule has 4 heteroatoms. The fraction of sp³-hybridized carbons (Fsp3) is 0.786. The SMILES string of the molecule is CCCSCc1nc(C(C)(C)C)c(C(C)(C)O)s1. The summed E-state index contributed by atoms with van der Waals surface area (Å²) in [6, 6.07) is 0. The van der Waals surface area contributed by atoms with Crippen molar-refractivity contribution in [1.29, 1.82) is 0 Å². The van der Waals surface area contributed by atoms with Crippen molar-refractivity contribution in [3.05, 3.63) is 15.6 Å². The summed E-state index contributed by atoms with van der Waals surface area (Å²) in [6.07, 6.45) is 1.19. The third-order valence-corrected chi connectivity index (χ3v) is 5.24. The van der Waals surface area contributed by atoms with E-state index in [9.17, 15) is 5.11 Å². The van der Waals surface area contributed by atoms with E-state index in [0.29, 0.717) is 0 Å². The van der Waals surface area contributed by atoms with Crippen LogP contribution in [0, 0.1) is 0 Å². The lowest BCUT2D eigenvalue weighted by Gasteiger charge is -2.23. The van der Waals surface area contributed by atoms with E-state index < -0.39 is 5.60 Å². The second-order valence-corrected chi connectivity index (χ2v) is 8.34. The molecule has 0 aliphatic rings. The van der Waals surface area contributed by atoms with Crippen molar-refractivity contribution in [1.82, 2.24) is 4.98 Å². The molecular weight excluding hydrogens is 262 g/mol. The van der Waals surface area contributed by atoms with Gasteiger partial charge in [-0.05, 0) is 26.0 Å². The Morgan fingerprint density at radius 1 is 1.22 bits per heavy atom. The lowest BCUT2D eigenvalue weighted by atomic mass is 9.88. The summed E-state index contributed by atoms with van der Waals surface area (Å²) in [4.78, 5) is 5.77. The molecular formula is C14H25NOS2. The molecule has 0 atom stereocenters. The van der Waals surface area contributed by atoms with E-state index in [1.54, 1.807) is 11.3 Å². The van der Waals surface area contributed by atoms with Gasteiger partial charge in [-0.1, -0.05) is 27.7 Å². The maximum atomic E-state index is 10.3. The Hall–Kier alpha value is -0.0600. The molecule has 0 unspecified atom stereocenters. The fourth-order valence-electron chi connectivity index (χ4n) is 1.65. The number of aliphatic hydroxyl groups is 1. The highest BCUT2D eigenvalue weighted by molar-refractivity contribution is 7.98. The van der Waals surface area contributed by atoms with E-state index >= 15 is 0 Å². The molecule has 1 aromatic rings. The van der Waals surface area contributed by atoms with Crippen LogP contribution in [0.15, 0.2) is 0 Å². The molecule has 0 amide bonds. The van der Waals surface area contributed by atoms with Gasteiger partial charge in [-0.3, -0.25) is 0 Å². The van der Waals surface area contributed by atoms with E-state index in [2.05, 4.69) is 27.7 Å². The molecule has 104 valence electrons. The van der Waals surface area contributed by atoms with Crippen LogP contribution in [0.2, 0.25) is 0 Å². The van der Waals surface area contributed by atoms with Crippen molar-refractivity contribution >= 4 is 23.1 Å². The minimum atomic E-state index is -0.798. The van der Waals surface area contributed by atoms with Crippen LogP contribution >= 0.6 is 23.1 Å². The van der Waals surface area contributed by atoms with E-state index in [4.69, 9.17) is 4.98 Å². The fourth-order valence-corrected chi connectivity index (χ4v) is 3.88. The number of thiazole rings is 1. The van der Waals surface area contributed by atoms with Gasteiger partial charge in [-0.25, -0.2) is 4.98 Å². The molecule has 0 spiro atoms. The van der Waals surface area contributed by atoms with Crippen LogP contribution in [-0.4, -0.2) is 15.8 Å². The van der Waals surface area contributed by atoms with Gasteiger partial charge in [0.1, 0.15) is 5.01 Å². The standard InChI is InChI=1S/C14H25NOS2/c1-7-8-17-9-10-15-11(13(2,3)4)12(18-10)14(5,6)16/h16H,7-9H2,1-6H3. The normalized spacial score (nSPS) is 13.1. The smallest absolute Gasteiger partial charge is 0.103 e. The molecule has 1 N–H and O–H groups in total. The zero-order valence-electron chi connectivity index (χ0n) is 12.3. The number of aromatic nitrogens is 1. The van der Waals surface area contributed by atoms with Crippen LogP contribution in [0.3, 0.4) is 0 Å². The molecule has 0 saturated heterocycles. The number of hydrogen-bond acceptors (Lipinski definition) is 4. The van der Waals surface area contributed by atoms with Gasteiger partial charge < -0.3 is 5.11 Å². The number of nitrogens with zero attached hydrogens (tertiary/aromatic N) is 1. The summed E-state index contributed by atoms with van der Waals surface area (Å²) in [5, 5.41) is 11.4. The number of hydrogen-bond donors (Lipinski definition) is 1. The molecule has 0 aliphatic heterocycles. The first-order valence-corrected chi connectivity index (χ1v) is 8.44. The molecule has 0 aromatic carbocycles. The van der Waals surface area contributed by atoms with Gasteiger partial charge in [0.05, 0.1) is 16.2 Å². The molecule has 1 aromatic heterocycles. The van der Waals surface area contributed by atoms with E-state index in [-0.39, 0.29) is 5.41 Å². The molecule has 1 rings (SSSR count). The largest absolute Gasteiger partial charge is 0.385 e. The molecule has 18 heavy (non-hydrogen) atoms. The van der Waals surface area contributed by atoms with Crippen LogP contribution in [0.1, 0.15) is 63.5 Å². The second-order valence-electron chi connectivity index (χ2n) is 6.15. The summed E-state index contributed by atoms with van der Waals surface area (Å²) < 4.78 is 0. The number of rotatable bonds is 5. The van der Waals surface area contributed by atoms with Gasteiger partial charge in [0.2, 0.25) is 0 Å². The zero-order valence-corrected chi connectivity index (χ0v) is 14.0. The average molecular weight is 287 g/mol. The highest BCUT2D eigenvalue weighted by Gasteiger charge is 2.30. The zero-order chi connectivity index (χ0) is 14.0. The quantitative estimate of drug-likeness (QED) is 0.819. The van der Waals surface area contributed by atoms with Crippen LogP contribution in [0.5, 0.6) is 0 Å². The van der Waals surface area contributed by atoms with Crippen LogP contribution in [0.4, 0.5) is 0 Å². The lowest BCUT2D eigenvalue weighted by Crippen LogP contribution is -2.22. The van der Waals surface area contributed by atoms with Crippen LogP contribution in [-0.2, 0) is 16.8 Å². The number of thioether (sulfide) groups is 1. The first kappa shape index (κ1) is 16.0. The van der Waals surface area contributed by atoms with Gasteiger partial charge in [0, 0.05) is 11.2 Å². The maximum Gasteiger partial charge on any atom is 0.103 e. The summed E-state index contributed by atoms with van der Waals surface area (Å²) >= 11 is 3.58. The van der Waals surface area contributed by atoms with Crippen molar-refractivity contribution < 1.29 is 5.11 Å². The summed E-state index contributed by atoms with van der Waals surface area (Å²) in [6.45, 7) is 12.3. The maximum absolute atomic E-state index is 10.3. The summed E-state index contributed by atoms with van der Waals surface area (Å²) in [7, 11) is 0. The topological polar surface area (TPSA) is 33.1 Å². The third kappa shape index (κ3) is 4.25. The Balaban J connectivity index is 3.01. The van der Waals surface area contributed by atoms with Crippen molar-refractivity contribution in [3.8, 4) is 0 Å². The first-order chi connectivity index (χ1) is 8.16.